The summed E-state index contributed by atoms with van der Waals surface area (Å²) in [7, 11) is 0. The smallest absolute Gasteiger partial charge is 0.178 e. The standard InChI is InChI=1S/C32H33F2N5/c1-6-21(17-25(7-2)37-20(5)22-9-10-22)19(4)30(34)27(28(35)8-3)18-29-38-31-26(15-16-36-32(31)39-29)23-11-13-24(33)14-12-23/h6-8,11-17,22,37H,2,4-5,9-10,18,35H2,1,3H3,(H,36,38,39)/b21-6+,25-17+,28-8+,30-27+. The Labute approximate surface area is 228 Å². The molecule has 1 saturated carbocycles. The van der Waals surface area contributed by atoms with Gasteiger partial charge < -0.3 is 16.0 Å². The minimum absolute atomic E-state index is 0.0893. The van der Waals surface area contributed by atoms with E-state index in [1.165, 1.54) is 12.1 Å². The highest BCUT2D eigenvalue weighted by Gasteiger charge is 2.25. The predicted molar refractivity (Wildman–Crippen MR) is 155 cm³/mol. The molecule has 1 aliphatic rings. The van der Waals surface area contributed by atoms with Crippen LogP contribution in [0.25, 0.3) is 22.3 Å². The molecule has 7 heteroatoms. The zero-order chi connectivity index (χ0) is 28.1. The van der Waals surface area contributed by atoms with Crippen molar-refractivity contribution >= 4 is 11.2 Å². The van der Waals surface area contributed by atoms with Gasteiger partial charge in [0.15, 0.2) is 5.65 Å². The van der Waals surface area contributed by atoms with E-state index in [-0.39, 0.29) is 29.1 Å². The van der Waals surface area contributed by atoms with Gasteiger partial charge in [0.2, 0.25) is 0 Å². The van der Waals surface area contributed by atoms with E-state index in [0.717, 1.165) is 29.7 Å². The summed E-state index contributed by atoms with van der Waals surface area (Å²) in [5.74, 6) is 0.0964. The van der Waals surface area contributed by atoms with Crippen LogP contribution in [0.5, 0.6) is 0 Å². The molecule has 1 aromatic carbocycles. The molecule has 2 heterocycles. The fourth-order valence-electron chi connectivity index (χ4n) is 4.25. The summed E-state index contributed by atoms with van der Waals surface area (Å²) in [6.45, 7) is 15.6. The monoisotopic (exact) mass is 525 g/mol. The first kappa shape index (κ1) is 27.5. The first-order chi connectivity index (χ1) is 18.7. The van der Waals surface area contributed by atoms with Gasteiger partial charge in [-0.1, -0.05) is 44.0 Å². The second-order valence-electron chi connectivity index (χ2n) is 9.41. The lowest BCUT2D eigenvalue weighted by Gasteiger charge is -2.14. The Hall–Kier alpha value is -4.52. The van der Waals surface area contributed by atoms with Crippen LogP contribution in [-0.2, 0) is 6.42 Å². The molecule has 0 saturated heterocycles. The zero-order valence-corrected chi connectivity index (χ0v) is 22.3. The van der Waals surface area contributed by atoms with E-state index < -0.39 is 5.83 Å². The second kappa shape index (κ2) is 11.9. The fourth-order valence-corrected chi connectivity index (χ4v) is 4.25. The Morgan fingerprint density at radius 1 is 1.15 bits per heavy atom. The molecule has 4 rings (SSSR count). The maximum absolute atomic E-state index is 16.0. The number of hydrogen-bond donors (Lipinski definition) is 3. The van der Waals surface area contributed by atoms with E-state index in [1.807, 2.05) is 13.0 Å². The molecule has 0 radical (unpaired) electrons. The van der Waals surface area contributed by atoms with Gasteiger partial charge in [-0.15, -0.1) is 0 Å². The van der Waals surface area contributed by atoms with E-state index >= 15 is 4.39 Å². The van der Waals surface area contributed by atoms with Gasteiger partial charge in [-0.05, 0) is 74.1 Å². The van der Waals surface area contributed by atoms with Crippen molar-refractivity contribution in [2.75, 3.05) is 0 Å². The number of benzene rings is 1. The molecule has 0 spiro atoms. The number of hydrogen-bond acceptors (Lipinski definition) is 4. The van der Waals surface area contributed by atoms with Crippen molar-refractivity contribution in [2.24, 2.45) is 11.7 Å². The van der Waals surface area contributed by atoms with Crippen molar-refractivity contribution in [1.29, 1.82) is 0 Å². The topological polar surface area (TPSA) is 79.6 Å². The molecular formula is C32H33F2N5. The van der Waals surface area contributed by atoms with Crippen LogP contribution in [0.15, 0.2) is 120 Å². The number of aromatic nitrogens is 3. The summed E-state index contributed by atoms with van der Waals surface area (Å²) in [6.07, 6.45) is 10.9. The third kappa shape index (κ3) is 6.32. The van der Waals surface area contributed by atoms with Gasteiger partial charge in [0, 0.05) is 46.4 Å². The highest BCUT2D eigenvalue weighted by atomic mass is 19.1. The zero-order valence-electron chi connectivity index (χ0n) is 22.3. The summed E-state index contributed by atoms with van der Waals surface area (Å²) in [5, 5.41) is 3.28. The maximum Gasteiger partial charge on any atom is 0.178 e. The summed E-state index contributed by atoms with van der Waals surface area (Å²) in [4.78, 5) is 12.2. The SMILES string of the molecule is C=C/C(=C\C(=C/C)C(=C)/C(F)=C(Cc1nc2nccc(-c3ccc(F)cc3)c2[nH]1)\C(N)=C/C)NC(=C)C1CC1. The molecule has 4 N–H and O–H groups in total. The molecule has 39 heavy (non-hydrogen) atoms. The molecule has 3 aromatic rings. The first-order valence-corrected chi connectivity index (χ1v) is 12.8. The van der Waals surface area contributed by atoms with Crippen molar-refractivity contribution in [3.05, 3.63) is 132 Å². The summed E-state index contributed by atoms with van der Waals surface area (Å²) in [5.41, 5.74) is 12.0. The van der Waals surface area contributed by atoms with E-state index in [4.69, 9.17) is 5.73 Å². The van der Waals surface area contributed by atoms with Crippen molar-refractivity contribution in [1.82, 2.24) is 20.3 Å². The lowest BCUT2D eigenvalue weighted by molar-refractivity contribution is 0.628. The Morgan fingerprint density at radius 3 is 2.49 bits per heavy atom. The lowest BCUT2D eigenvalue weighted by Crippen LogP contribution is -2.12. The Morgan fingerprint density at radius 2 is 1.87 bits per heavy atom. The van der Waals surface area contributed by atoms with E-state index in [1.54, 1.807) is 49.6 Å². The van der Waals surface area contributed by atoms with Crippen LogP contribution in [0.1, 0.15) is 32.5 Å². The van der Waals surface area contributed by atoms with Gasteiger partial charge in [0.1, 0.15) is 17.5 Å². The highest BCUT2D eigenvalue weighted by molar-refractivity contribution is 5.89. The Balaban J connectivity index is 1.67. The molecular weight excluding hydrogens is 492 g/mol. The number of nitrogens with two attached hydrogens (primary N) is 1. The van der Waals surface area contributed by atoms with Gasteiger partial charge in [0.25, 0.3) is 0 Å². The van der Waals surface area contributed by atoms with Crippen LogP contribution in [0.3, 0.4) is 0 Å². The van der Waals surface area contributed by atoms with Gasteiger partial charge in [-0.3, -0.25) is 0 Å². The number of pyridine rings is 1. The van der Waals surface area contributed by atoms with Crippen LogP contribution >= 0.6 is 0 Å². The Kier molecular flexibility index (Phi) is 8.39. The number of imidazole rings is 1. The van der Waals surface area contributed by atoms with E-state index in [0.29, 0.717) is 34.2 Å². The van der Waals surface area contributed by atoms with Crippen LogP contribution in [0.4, 0.5) is 8.78 Å². The van der Waals surface area contributed by atoms with E-state index in [9.17, 15) is 4.39 Å². The molecule has 2 aromatic heterocycles. The summed E-state index contributed by atoms with van der Waals surface area (Å²) >= 11 is 0. The average Bonchev–Trinajstić information content (AvgIpc) is 3.72. The van der Waals surface area contributed by atoms with Crippen LogP contribution < -0.4 is 11.1 Å². The number of H-pyrrole nitrogens is 1. The van der Waals surface area contributed by atoms with Crippen LogP contribution in [-0.4, -0.2) is 15.0 Å². The van der Waals surface area contributed by atoms with Crippen molar-refractivity contribution in [3.8, 4) is 11.1 Å². The number of nitrogens with zero attached hydrogens (tertiary/aromatic N) is 2. The number of halogens is 2. The van der Waals surface area contributed by atoms with Gasteiger partial charge >= 0.3 is 0 Å². The second-order valence-corrected chi connectivity index (χ2v) is 9.41. The van der Waals surface area contributed by atoms with Gasteiger partial charge in [-0.25, -0.2) is 18.7 Å². The molecule has 5 nitrogen and oxygen atoms in total. The average molecular weight is 526 g/mol. The minimum Gasteiger partial charge on any atom is -0.399 e. The highest BCUT2D eigenvalue weighted by Crippen LogP contribution is 2.35. The third-order valence-electron chi connectivity index (χ3n) is 6.70. The van der Waals surface area contributed by atoms with Crippen molar-refractivity contribution in [3.63, 3.8) is 0 Å². The molecule has 1 fully saturated rings. The number of nitrogens with one attached hydrogen (secondary N) is 2. The minimum atomic E-state index is -0.536. The number of aromatic amines is 1. The largest absolute Gasteiger partial charge is 0.399 e. The van der Waals surface area contributed by atoms with Crippen LogP contribution in [0, 0.1) is 11.7 Å². The van der Waals surface area contributed by atoms with Crippen molar-refractivity contribution < 1.29 is 8.78 Å². The van der Waals surface area contributed by atoms with Gasteiger partial charge in [-0.2, -0.15) is 0 Å². The molecule has 0 unspecified atom stereocenters. The van der Waals surface area contributed by atoms with E-state index in [2.05, 4.69) is 40.0 Å². The quantitative estimate of drug-likeness (QED) is 0.227. The summed E-state index contributed by atoms with van der Waals surface area (Å²) < 4.78 is 29.5. The predicted octanol–water partition coefficient (Wildman–Crippen LogP) is 7.48. The van der Waals surface area contributed by atoms with Gasteiger partial charge in [0.05, 0.1) is 5.52 Å². The summed E-state index contributed by atoms with van der Waals surface area (Å²) in [6, 6.07) is 8.00. The first-order valence-electron chi connectivity index (χ1n) is 12.8. The number of fused-ring (bicyclic) bond motifs is 1. The fraction of sp³-hybridized carbons (Fsp3) is 0.188. The molecule has 0 atom stereocenters. The maximum atomic E-state index is 16.0. The lowest BCUT2D eigenvalue weighted by atomic mass is 9.98. The third-order valence-corrected chi connectivity index (χ3v) is 6.70. The number of rotatable bonds is 11. The van der Waals surface area contributed by atoms with Crippen LogP contribution in [0.2, 0.25) is 0 Å². The molecule has 200 valence electrons. The molecule has 0 bridgehead atoms. The molecule has 1 aliphatic carbocycles. The van der Waals surface area contributed by atoms with Crippen molar-refractivity contribution in [2.45, 2.75) is 33.1 Å². The Bertz CT molecular complexity index is 1550. The number of allylic oxidation sites excluding steroid dienone is 9. The molecule has 0 amide bonds. The normalized spacial score (nSPS) is 15.2. The molecule has 0 aliphatic heterocycles.